The van der Waals surface area contributed by atoms with Gasteiger partial charge in [0.2, 0.25) is 0 Å². The fraction of sp³-hybridized carbons (Fsp3) is 0.318. The van der Waals surface area contributed by atoms with Gasteiger partial charge < -0.3 is 14.7 Å². The van der Waals surface area contributed by atoms with E-state index in [0.717, 1.165) is 42.2 Å². The Hall–Kier alpha value is -2.99. The molecule has 1 atom stereocenters. The van der Waals surface area contributed by atoms with Gasteiger partial charge in [-0.15, -0.1) is 0 Å². The van der Waals surface area contributed by atoms with E-state index in [2.05, 4.69) is 14.9 Å². The summed E-state index contributed by atoms with van der Waals surface area (Å²) in [4.78, 5) is 15.9. The highest BCUT2D eigenvalue weighted by Gasteiger charge is 2.22. The molecule has 144 valence electrons. The van der Waals surface area contributed by atoms with E-state index in [1.54, 1.807) is 12.3 Å². The Morgan fingerprint density at radius 3 is 2.75 bits per heavy atom. The highest BCUT2D eigenvalue weighted by atomic mass is 16.5. The molecule has 0 amide bonds. The minimum Gasteiger partial charge on any atom is -0.508 e. The number of nitrogens with zero attached hydrogens (tertiary/aromatic N) is 4. The summed E-state index contributed by atoms with van der Waals surface area (Å²) in [6.07, 6.45) is 4.03. The topological polar surface area (TPSA) is 71.4 Å². The van der Waals surface area contributed by atoms with Crippen LogP contribution in [0.15, 0.2) is 54.7 Å². The molecule has 0 aliphatic carbocycles. The van der Waals surface area contributed by atoms with E-state index in [1.165, 1.54) is 0 Å². The van der Waals surface area contributed by atoms with Crippen molar-refractivity contribution in [2.45, 2.75) is 32.4 Å². The average Bonchev–Trinajstić information content (AvgIpc) is 3.22. The van der Waals surface area contributed by atoms with Crippen molar-refractivity contribution < 1.29 is 9.84 Å². The van der Waals surface area contributed by atoms with Gasteiger partial charge in [-0.05, 0) is 38.0 Å². The highest BCUT2D eigenvalue weighted by molar-refractivity contribution is 5.54. The van der Waals surface area contributed by atoms with Crippen LogP contribution in [0.2, 0.25) is 0 Å². The van der Waals surface area contributed by atoms with Crippen molar-refractivity contribution >= 4 is 5.82 Å². The maximum absolute atomic E-state index is 10.3. The van der Waals surface area contributed by atoms with E-state index in [9.17, 15) is 5.11 Å². The minimum atomic E-state index is 0.166. The molecule has 1 unspecified atom stereocenters. The first-order valence-corrected chi connectivity index (χ1v) is 9.59. The summed E-state index contributed by atoms with van der Waals surface area (Å²) in [5.74, 6) is 1.70. The number of hydrogen-bond donors (Lipinski definition) is 1. The molecule has 0 saturated carbocycles. The van der Waals surface area contributed by atoms with Crippen LogP contribution in [0.4, 0.5) is 5.82 Å². The fourth-order valence-corrected chi connectivity index (χ4v) is 3.45. The lowest BCUT2D eigenvalue weighted by atomic mass is 10.1. The van der Waals surface area contributed by atoms with Crippen LogP contribution in [0.3, 0.4) is 0 Å². The lowest BCUT2D eigenvalue weighted by Crippen LogP contribution is -2.32. The third-order valence-electron chi connectivity index (χ3n) is 4.86. The lowest BCUT2D eigenvalue weighted by molar-refractivity contribution is 0.115. The number of pyridine rings is 1. The number of ether oxygens (including phenoxy) is 1. The molecule has 6 heteroatoms. The molecule has 0 radical (unpaired) electrons. The van der Waals surface area contributed by atoms with Gasteiger partial charge in [-0.2, -0.15) is 0 Å². The molecule has 2 aromatic heterocycles. The standard InChI is InChI=1S/C22H24N4O2/c1-16-13-21(25-22(24-16)19-9-4-5-11-23-19)26(15-18-8-6-12-28-18)14-17-7-2-3-10-20(17)27/h2-5,7,9-11,13,18,27H,6,8,12,14-15H2,1H3. The predicted octanol–water partition coefficient (Wildman–Crippen LogP) is 3.74. The van der Waals surface area contributed by atoms with Crippen LogP contribution in [0.5, 0.6) is 5.75 Å². The summed E-state index contributed by atoms with van der Waals surface area (Å²) in [5.41, 5.74) is 2.48. The molecule has 1 N–H and O–H groups in total. The van der Waals surface area contributed by atoms with Crippen molar-refractivity contribution in [3.8, 4) is 17.3 Å². The number of rotatable bonds is 6. The largest absolute Gasteiger partial charge is 0.508 e. The molecule has 1 saturated heterocycles. The van der Waals surface area contributed by atoms with Crippen LogP contribution < -0.4 is 4.90 Å². The third-order valence-corrected chi connectivity index (χ3v) is 4.86. The Kier molecular flexibility index (Phi) is 5.48. The summed E-state index contributed by atoms with van der Waals surface area (Å²) < 4.78 is 5.86. The van der Waals surface area contributed by atoms with Gasteiger partial charge in [0, 0.05) is 43.2 Å². The smallest absolute Gasteiger partial charge is 0.180 e. The number of aromatic hydroxyl groups is 1. The minimum absolute atomic E-state index is 0.166. The van der Waals surface area contributed by atoms with Gasteiger partial charge in [0.05, 0.1) is 6.10 Å². The van der Waals surface area contributed by atoms with Crippen LogP contribution in [-0.2, 0) is 11.3 Å². The number of aromatic nitrogens is 3. The summed E-state index contributed by atoms with van der Waals surface area (Å²) in [6, 6.07) is 15.1. The summed E-state index contributed by atoms with van der Waals surface area (Å²) in [7, 11) is 0. The quantitative estimate of drug-likeness (QED) is 0.707. The first-order valence-electron chi connectivity index (χ1n) is 9.59. The average molecular weight is 376 g/mol. The van der Waals surface area contributed by atoms with Crippen LogP contribution in [0, 0.1) is 6.92 Å². The van der Waals surface area contributed by atoms with Crippen LogP contribution in [0.1, 0.15) is 24.1 Å². The molecule has 1 aliphatic rings. The zero-order valence-electron chi connectivity index (χ0n) is 16.0. The maximum atomic E-state index is 10.3. The number of para-hydroxylation sites is 1. The van der Waals surface area contributed by atoms with Crippen molar-refractivity contribution in [1.29, 1.82) is 0 Å². The van der Waals surface area contributed by atoms with Crippen molar-refractivity contribution in [3.05, 3.63) is 66.0 Å². The molecule has 3 aromatic rings. The normalized spacial score (nSPS) is 16.2. The van der Waals surface area contributed by atoms with Gasteiger partial charge in [0.1, 0.15) is 17.3 Å². The number of phenols is 1. The monoisotopic (exact) mass is 376 g/mol. The van der Waals surface area contributed by atoms with Gasteiger partial charge in [0.25, 0.3) is 0 Å². The van der Waals surface area contributed by atoms with E-state index in [-0.39, 0.29) is 11.9 Å². The molecule has 28 heavy (non-hydrogen) atoms. The molecule has 1 fully saturated rings. The van der Waals surface area contributed by atoms with Crippen molar-refractivity contribution in [2.75, 3.05) is 18.1 Å². The van der Waals surface area contributed by atoms with Crippen molar-refractivity contribution in [3.63, 3.8) is 0 Å². The van der Waals surface area contributed by atoms with Gasteiger partial charge in [-0.25, -0.2) is 9.97 Å². The Bertz CT molecular complexity index is 927. The zero-order chi connectivity index (χ0) is 19.3. The highest BCUT2D eigenvalue weighted by Crippen LogP contribution is 2.25. The summed E-state index contributed by atoms with van der Waals surface area (Å²) in [6.45, 7) is 4.02. The predicted molar refractivity (Wildman–Crippen MR) is 108 cm³/mol. The van der Waals surface area contributed by atoms with Crippen molar-refractivity contribution in [1.82, 2.24) is 15.0 Å². The SMILES string of the molecule is Cc1cc(N(Cc2ccccc2O)CC2CCCO2)nc(-c2ccccn2)n1. The second-order valence-corrected chi connectivity index (χ2v) is 7.05. The number of hydrogen-bond acceptors (Lipinski definition) is 6. The number of anilines is 1. The Morgan fingerprint density at radius 2 is 2.00 bits per heavy atom. The van der Waals surface area contributed by atoms with Crippen LogP contribution >= 0.6 is 0 Å². The molecular formula is C22H24N4O2. The van der Waals surface area contributed by atoms with Crippen LogP contribution in [0.25, 0.3) is 11.5 Å². The molecule has 0 spiro atoms. The molecule has 4 rings (SSSR count). The van der Waals surface area contributed by atoms with E-state index < -0.39 is 0 Å². The van der Waals surface area contributed by atoms with Gasteiger partial charge in [-0.1, -0.05) is 24.3 Å². The van der Waals surface area contributed by atoms with E-state index >= 15 is 0 Å². The third kappa shape index (κ3) is 4.28. The number of phenolic OH excluding ortho intramolecular Hbond substituents is 1. The molecule has 6 nitrogen and oxygen atoms in total. The summed E-state index contributed by atoms with van der Waals surface area (Å²) in [5, 5.41) is 10.3. The molecule has 3 heterocycles. The Balaban J connectivity index is 1.69. The first kappa shape index (κ1) is 18.4. The maximum Gasteiger partial charge on any atom is 0.180 e. The molecular weight excluding hydrogens is 352 g/mol. The molecule has 0 bridgehead atoms. The second kappa shape index (κ2) is 8.35. The van der Waals surface area contributed by atoms with Gasteiger partial charge >= 0.3 is 0 Å². The number of benzene rings is 1. The summed E-state index contributed by atoms with van der Waals surface area (Å²) >= 11 is 0. The van der Waals surface area contributed by atoms with Gasteiger partial charge in [0.15, 0.2) is 5.82 Å². The molecule has 1 aliphatic heterocycles. The van der Waals surface area contributed by atoms with E-state index in [4.69, 9.17) is 9.72 Å². The lowest BCUT2D eigenvalue weighted by Gasteiger charge is -2.27. The Morgan fingerprint density at radius 1 is 1.14 bits per heavy atom. The van der Waals surface area contributed by atoms with E-state index in [1.807, 2.05) is 49.4 Å². The zero-order valence-corrected chi connectivity index (χ0v) is 16.0. The second-order valence-electron chi connectivity index (χ2n) is 7.05. The first-order chi connectivity index (χ1) is 13.7. The number of aryl methyl sites for hydroxylation is 1. The van der Waals surface area contributed by atoms with E-state index in [0.29, 0.717) is 18.9 Å². The van der Waals surface area contributed by atoms with Gasteiger partial charge in [-0.3, -0.25) is 4.98 Å². The Labute approximate surface area is 164 Å². The molecule has 1 aromatic carbocycles. The van der Waals surface area contributed by atoms with Crippen LogP contribution in [-0.4, -0.2) is 39.3 Å². The fourth-order valence-electron chi connectivity index (χ4n) is 3.45. The van der Waals surface area contributed by atoms with Crippen molar-refractivity contribution in [2.24, 2.45) is 0 Å².